The van der Waals surface area contributed by atoms with Gasteiger partial charge in [0.15, 0.2) is 0 Å². The quantitative estimate of drug-likeness (QED) is 0.696. The second-order valence-electron chi connectivity index (χ2n) is 7.13. The smallest absolute Gasteiger partial charge is 0.243 e. The SMILES string of the molecule is COc1ccc(C)cc1NC(=O)CNC(=O)CN1CCN(c2ccc(Cl)cn2)CC1. The predicted octanol–water partition coefficient (Wildman–Crippen LogP) is 1.93. The van der Waals surface area contributed by atoms with Gasteiger partial charge in [0.05, 0.1) is 30.9 Å². The van der Waals surface area contributed by atoms with Gasteiger partial charge in [0.1, 0.15) is 11.6 Å². The van der Waals surface area contributed by atoms with Gasteiger partial charge in [-0.3, -0.25) is 14.5 Å². The van der Waals surface area contributed by atoms with Gasteiger partial charge in [0.25, 0.3) is 0 Å². The molecule has 2 aromatic rings. The molecule has 0 atom stereocenters. The molecule has 1 fully saturated rings. The third kappa shape index (κ3) is 6.08. The minimum absolute atomic E-state index is 0.0927. The molecule has 2 heterocycles. The highest BCUT2D eigenvalue weighted by Gasteiger charge is 2.20. The van der Waals surface area contributed by atoms with Crippen molar-refractivity contribution in [1.29, 1.82) is 0 Å². The third-order valence-corrected chi connectivity index (χ3v) is 5.07. The maximum atomic E-state index is 12.2. The fraction of sp³-hybridized carbons (Fsp3) is 0.381. The minimum Gasteiger partial charge on any atom is -0.495 e. The molecule has 9 heteroatoms. The Hall–Kier alpha value is -2.84. The number of rotatable bonds is 7. The van der Waals surface area contributed by atoms with Gasteiger partial charge in [-0.05, 0) is 36.8 Å². The predicted molar refractivity (Wildman–Crippen MR) is 117 cm³/mol. The molecule has 0 unspecified atom stereocenters. The Kier molecular flexibility index (Phi) is 7.48. The van der Waals surface area contributed by atoms with Crippen LogP contribution < -0.4 is 20.3 Å². The molecule has 1 aromatic heterocycles. The summed E-state index contributed by atoms with van der Waals surface area (Å²) in [6.07, 6.45) is 1.63. The van der Waals surface area contributed by atoms with Crippen molar-refractivity contribution in [3.05, 3.63) is 47.1 Å². The van der Waals surface area contributed by atoms with Crippen LogP contribution in [0.5, 0.6) is 5.75 Å². The van der Waals surface area contributed by atoms with Gasteiger partial charge < -0.3 is 20.3 Å². The highest BCUT2D eigenvalue weighted by Crippen LogP contribution is 2.24. The molecular weight excluding hydrogens is 406 g/mol. The molecule has 160 valence electrons. The summed E-state index contributed by atoms with van der Waals surface area (Å²) in [5, 5.41) is 6.06. The second kappa shape index (κ2) is 10.3. The summed E-state index contributed by atoms with van der Waals surface area (Å²) in [5.41, 5.74) is 1.59. The lowest BCUT2D eigenvalue weighted by molar-refractivity contribution is -0.125. The monoisotopic (exact) mass is 431 g/mol. The lowest BCUT2D eigenvalue weighted by Gasteiger charge is -2.34. The summed E-state index contributed by atoms with van der Waals surface area (Å²) in [7, 11) is 1.55. The number of carbonyl (C=O) groups is 2. The van der Waals surface area contributed by atoms with Crippen LogP contribution in [0.25, 0.3) is 0 Å². The largest absolute Gasteiger partial charge is 0.495 e. The number of anilines is 2. The van der Waals surface area contributed by atoms with Crippen LogP contribution in [0.3, 0.4) is 0 Å². The molecule has 0 saturated carbocycles. The summed E-state index contributed by atoms with van der Waals surface area (Å²) >= 11 is 5.88. The van der Waals surface area contributed by atoms with Crippen molar-refractivity contribution in [2.24, 2.45) is 0 Å². The lowest BCUT2D eigenvalue weighted by atomic mass is 10.2. The zero-order chi connectivity index (χ0) is 21.5. The van der Waals surface area contributed by atoms with Crippen LogP contribution in [-0.2, 0) is 9.59 Å². The topological polar surface area (TPSA) is 86.8 Å². The number of nitrogens with one attached hydrogen (secondary N) is 2. The first kappa shape index (κ1) is 21.9. The number of pyridine rings is 1. The van der Waals surface area contributed by atoms with E-state index in [9.17, 15) is 9.59 Å². The van der Waals surface area contributed by atoms with Gasteiger partial charge in [-0.25, -0.2) is 4.98 Å². The summed E-state index contributed by atoms with van der Waals surface area (Å²) in [5.74, 6) is 0.977. The molecule has 1 aliphatic heterocycles. The van der Waals surface area contributed by atoms with E-state index in [-0.39, 0.29) is 24.9 Å². The summed E-state index contributed by atoms with van der Waals surface area (Å²) < 4.78 is 5.25. The molecule has 2 N–H and O–H groups in total. The van der Waals surface area contributed by atoms with Crippen molar-refractivity contribution in [1.82, 2.24) is 15.2 Å². The van der Waals surface area contributed by atoms with Crippen LogP contribution in [-0.4, -0.2) is 68.1 Å². The summed E-state index contributed by atoms with van der Waals surface area (Å²) in [4.78, 5) is 33.0. The van der Waals surface area contributed by atoms with E-state index < -0.39 is 0 Å². The van der Waals surface area contributed by atoms with E-state index in [1.807, 2.05) is 31.2 Å². The number of hydrogen-bond acceptors (Lipinski definition) is 6. The fourth-order valence-corrected chi connectivity index (χ4v) is 3.35. The molecule has 1 aliphatic rings. The van der Waals surface area contributed by atoms with Crippen molar-refractivity contribution in [3.8, 4) is 5.75 Å². The van der Waals surface area contributed by atoms with E-state index in [0.717, 1.165) is 37.6 Å². The Bertz CT molecular complexity index is 883. The maximum absolute atomic E-state index is 12.2. The average Bonchev–Trinajstić information content (AvgIpc) is 2.74. The molecule has 30 heavy (non-hydrogen) atoms. The van der Waals surface area contributed by atoms with Gasteiger partial charge in [-0.2, -0.15) is 0 Å². The van der Waals surface area contributed by atoms with Crippen LogP contribution in [0.15, 0.2) is 36.5 Å². The van der Waals surface area contributed by atoms with E-state index in [1.165, 1.54) is 0 Å². The van der Waals surface area contributed by atoms with Crippen LogP contribution in [0.2, 0.25) is 5.02 Å². The van der Waals surface area contributed by atoms with E-state index >= 15 is 0 Å². The number of piperazine rings is 1. The Labute approximate surface area is 181 Å². The molecular formula is C21H26ClN5O3. The van der Waals surface area contributed by atoms with E-state index in [4.69, 9.17) is 16.3 Å². The third-order valence-electron chi connectivity index (χ3n) is 4.85. The first-order chi connectivity index (χ1) is 14.4. The first-order valence-electron chi connectivity index (χ1n) is 9.74. The highest BCUT2D eigenvalue weighted by atomic mass is 35.5. The molecule has 0 spiro atoms. The molecule has 0 bridgehead atoms. The number of benzene rings is 1. The molecule has 3 rings (SSSR count). The van der Waals surface area contributed by atoms with Crippen molar-refractivity contribution < 1.29 is 14.3 Å². The second-order valence-corrected chi connectivity index (χ2v) is 7.56. The van der Waals surface area contributed by atoms with Crippen molar-refractivity contribution in [2.45, 2.75) is 6.92 Å². The standard InChI is InChI=1S/C21H26ClN5O3/c1-15-3-5-18(30-2)17(11-15)25-20(28)13-24-21(29)14-26-7-9-27(10-8-26)19-6-4-16(22)12-23-19/h3-6,11-12H,7-10,13-14H2,1-2H3,(H,24,29)(H,25,28). The number of methoxy groups -OCH3 is 1. The molecule has 1 saturated heterocycles. The number of carbonyl (C=O) groups excluding carboxylic acids is 2. The Morgan fingerprint density at radius 2 is 1.90 bits per heavy atom. The van der Waals surface area contributed by atoms with Gasteiger partial charge in [0.2, 0.25) is 11.8 Å². The molecule has 0 aliphatic carbocycles. The van der Waals surface area contributed by atoms with Crippen LogP contribution >= 0.6 is 11.6 Å². The van der Waals surface area contributed by atoms with E-state index in [0.29, 0.717) is 16.5 Å². The van der Waals surface area contributed by atoms with Gasteiger partial charge in [-0.1, -0.05) is 17.7 Å². The molecule has 1 aromatic carbocycles. The number of aromatic nitrogens is 1. The number of halogens is 1. The minimum atomic E-state index is -0.300. The Balaban J connectivity index is 1.40. The lowest BCUT2D eigenvalue weighted by Crippen LogP contribution is -2.50. The number of aryl methyl sites for hydroxylation is 1. The van der Waals surface area contributed by atoms with Crippen LogP contribution in [0, 0.1) is 6.92 Å². The first-order valence-corrected chi connectivity index (χ1v) is 10.1. The van der Waals surface area contributed by atoms with Crippen molar-refractivity contribution in [3.63, 3.8) is 0 Å². The summed E-state index contributed by atoms with van der Waals surface area (Å²) in [6.45, 7) is 5.12. The maximum Gasteiger partial charge on any atom is 0.243 e. The van der Waals surface area contributed by atoms with Crippen molar-refractivity contribution in [2.75, 3.05) is 56.6 Å². The average molecular weight is 432 g/mol. The zero-order valence-corrected chi connectivity index (χ0v) is 17.9. The van der Waals surface area contributed by atoms with E-state index in [2.05, 4.69) is 25.4 Å². The van der Waals surface area contributed by atoms with Crippen LogP contribution in [0.4, 0.5) is 11.5 Å². The molecule has 8 nitrogen and oxygen atoms in total. The zero-order valence-electron chi connectivity index (χ0n) is 17.2. The van der Waals surface area contributed by atoms with Gasteiger partial charge in [0, 0.05) is 32.4 Å². The van der Waals surface area contributed by atoms with Crippen molar-refractivity contribution >= 4 is 34.9 Å². The summed E-state index contributed by atoms with van der Waals surface area (Å²) in [6, 6.07) is 9.24. The highest BCUT2D eigenvalue weighted by molar-refractivity contribution is 6.30. The Morgan fingerprint density at radius 3 is 2.57 bits per heavy atom. The molecule has 0 radical (unpaired) electrons. The number of ether oxygens (including phenoxy) is 1. The Morgan fingerprint density at radius 1 is 1.13 bits per heavy atom. The van der Waals surface area contributed by atoms with Gasteiger partial charge in [-0.15, -0.1) is 0 Å². The van der Waals surface area contributed by atoms with Gasteiger partial charge >= 0.3 is 0 Å². The normalized spacial score (nSPS) is 14.3. The number of hydrogen-bond donors (Lipinski definition) is 2. The number of nitrogens with zero attached hydrogens (tertiary/aromatic N) is 3. The van der Waals surface area contributed by atoms with E-state index in [1.54, 1.807) is 19.4 Å². The molecule has 2 amide bonds. The fourth-order valence-electron chi connectivity index (χ4n) is 3.24. The van der Waals surface area contributed by atoms with Crippen LogP contribution in [0.1, 0.15) is 5.56 Å². The number of amides is 2.